The molecule has 0 spiro atoms. The predicted octanol–water partition coefficient (Wildman–Crippen LogP) is 2.28. The summed E-state index contributed by atoms with van der Waals surface area (Å²) in [7, 11) is 0. The van der Waals surface area contributed by atoms with Gasteiger partial charge in [0, 0.05) is 10.7 Å². The molecule has 1 saturated heterocycles. The number of nitrogens with one attached hydrogen (secondary N) is 1. The van der Waals surface area contributed by atoms with Crippen molar-refractivity contribution >= 4 is 29.1 Å². The highest BCUT2D eigenvalue weighted by molar-refractivity contribution is 6.31. The zero-order chi connectivity index (χ0) is 14.2. The molecule has 2 atom stereocenters. The number of nitrogens with zero attached hydrogens (tertiary/aromatic N) is 1. The van der Waals surface area contributed by atoms with Crippen molar-refractivity contribution in [2.75, 3.05) is 4.90 Å². The lowest BCUT2D eigenvalue weighted by Gasteiger charge is -2.37. The SMILES string of the molecule is CCC1NC(=O)C(C)N(c2cccc(Cl)c2C)C1=O. The van der Waals surface area contributed by atoms with E-state index in [9.17, 15) is 9.59 Å². The van der Waals surface area contributed by atoms with Gasteiger partial charge < -0.3 is 5.32 Å². The van der Waals surface area contributed by atoms with Crippen molar-refractivity contribution in [3.63, 3.8) is 0 Å². The van der Waals surface area contributed by atoms with Crippen molar-refractivity contribution in [1.29, 1.82) is 0 Å². The predicted molar refractivity (Wildman–Crippen MR) is 75.4 cm³/mol. The monoisotopic (exact) mass is 280 g/mol. The van der Waals surface area contributed by atoms with Crippen LogP contribution in [0.2, 0.25) is 5.02 Å². The molecule has 1 fully saturated rings. The molecule has 1 aromatic carbocycles. The molecule has 1 heterocycles. The van der Waals surface area contributed by atoms with E-state index in [1.165, 1.54) is 0 Å². The first-order valence-corrected chi connectivity index (χ1v) is 6.73. The lowest BCUT2D eigenvalue weighted by Crippen LogP contribution is -2.62. The number of rotatable bonds is 2. The van der Waals surface area contributed by atoms with Crippen LogP contribution in [0.25, 0.3) is 0 Å². The molecule has 0 aromatic heterocycles. The number of hydrogen-bond donors (Lipinski definition) is 1. The Labute approximate surface area is 117 Å². The van der Waals surface area contributed by atoms with Crippen molar-refractivity contribution in [1.82, 2.24) is 5.32 Å². The standard InChI is InChI=1S/C14H17ClN2O2/c1-4-11-14(19)17(9(3)13(18)16-11)12-7-5-6-10(15)8(12)2/h5-7,9,11H,4H2,1-3H3,(H,16,18). The summed E-state index contributed by atoms with van der Waals surface area (Å²) < 4.78 is 0. The molecule has 0 aliphatic carbocycles. The van der Waals surface area contributed by atoms with E-state index in [0.717, 1.165) is 5.56 Å². The quantitative estimate of drug-likeness (QED) is 0.903. The highest BCUT2D eigenvalue weighted by Crippen LogP contribution is 2.30. The molecule has 2 amide bonds. The fourth-order valence-corrected chi connectivity index (χ4v) is 2.46. The van der Waals surface area contributed by atoms with Gasteiger partial charge in [-0.1, -0.05) is 24.6 Å². The van der Waals surface area contributed by atoms with Crippen molar-refractivity contribution in [2.45, 2.75) is 39.3 Å². The zero-order valence-corrected chi connectivity index (χ0v) is 12.0. The van der Waals surface area contributed by atoms with E-state index in [1.807, 2.05) is 19.9 Å². The van der Waals surface area contributed by atoms with Crippen molar-refractivity contribution < 1.29 is 9.59 Å². The van der Waals surface area contributed by atoms with Crippen LogP contribution >= 0.6 is 11.6 Å². The van der Waals surface area contributed by atoms with E-state index in [1.54, 1.807) is 24.0 Å². The largest absolute Gasteiger partial charge is 0.343 e. The van der Waals surface area contributed by atoms with Gasteiger partial charge in [0.25, 0.3) is 0 Å². The third kappa shape index (κ3) is 2.32. The second-order valence-corrected chi connectivity index (χ2v) is 5.14. The Balaban J connectivity index is 2.48. The number of benzene rings is 1. The number of anilines is 1. The highest BCUT2D eigenvalue weighted by atomic mass is 35.5. The Morgan fingerprint density at radius 2 is 2.05 bits per heavy atom. The summed E-state index contributed by atoms with van der Waals surface area (Å²) in [6.45, 7) is 5.45. The Hall–Kier alpha value is -1.55. The van der Waals surface area contributed by atoms with Gasteiger partial charge in [0.05, 0.1) is 0 Å². The molecular formula is C14H17ClN2O2. The molecule has 1 aliphatic rings. The molecule has 0 saturated carbocycles. The Morgan fingerprint density at radius 1 is 1.37 bits per heavy atom. The van der Waals surface area contributed by atoms with Gasteiger partial charge in [-0.2, -0.15) is 0 Å². The lowest BCUT2D eigenvalue weighted by molar-refractivity contribution is -0.133. The molecule has 4 nitrogen and oxygen atoms in total. The maximum atomic E-state index is 12.4. The smallest absolute Gasteiger partial charge is 0.250 e. The van der Waals surface area contributed by atoms with Gasteiger partial charge in [0.1, 0.15) is 12.1 Å². The van der Waals surface area contributed by atoms with E-state index < -0.39 is 12.1 Å². The third-order valence-corrected chi connectivity index (χ3v) is 3.94. The molecule has 1 N–H and O–H groups in total. The van der Waals surface area contributed by atoms with E-state index >= 15 is 0 Å². The van der Waals surface area contributed by atoms with Gasteiger partial charge in [-0.3, -0.25) is 14.5 Å². The first kappa shape index (κ1) is 13.9. The van der Waals surface area contributed by atoms with Crippen LogP contribution in [-0.2, 0) is 9.59 Å². The normalized spacial score (nSPS) is 23.5. The fourth-order valence-electron chi connectivity index (χ4n) is 2.29. The van der Waals surface area contributed by atoms with Crippen molar-refractivity contribution in [3.8, 4) is 0 Å². The van der Waals surface area contributed by atoms with Crippen LogP contribution in [0.15, 0.2) is 18.2 Å². The molecule has 5 heteroatoms. The highest BCUT2D eigenvalue weighted by Gasteiger charge is 2.38. The van der Waals surface area contributed by atoms with E-state index in [4.69, 9.17) is 11.6 Å². The summed E-state index contributed by atoms with van der Waals surface area (Å²) in [5.74, 6) is -0.217. The Morgan fingerprint density at radius 3 is 2.68 bits per heavy atom. The fraction of sp³-hybridized carbons (Fsp3) is 0.429. The molecule has 19 heavy (non-hydrogen) atoms. The summed E-state index contributed by atoms with van der Waals surface area (Å²) in [6.07, 6.45) is 0.577. The van der Waals surface area contributed by atoms with Gasteiger partial charge in [0.15, 0.2) is 0 Å². The van der Waals surface area contributed by atoms with Crippen LogP contribution in [0.4, 0.5) is 5.69 Å². The minimum absolute atomic E-state index is 0.0834. The summed E-state index contributed by atoms with van der Waals surface area (Å²) in [4.78, 5) is 25.9. The zero-order valence-electron chi connectivity index (χ0n) is 11.2. The number of carbonyl (C=O) groups is 2. The van der Waals surface area contributed by atoms with Crippen LogP contribution in [-0.4, -0.2) is 23.9 Å². The number of carbonyl (C=O) groups excluding carboxylic acids is 2. The molecule has 2 unspecified atom stereocenters. The summed E-state index contributed by atoms with van der Waals surface area (Å²) in [6, 6.07) is 4.41. The van der Waals surface area contributed by atoms with Crippen LogP contribution in [0, 0.1) is 6.92 Å². The number of amides is 2. The molecule has 102 valence electrons. The second-order valence-electron chi connectivity index (χ2n) is 4.74. The molecular weight excluding hydrogens is 264 g/mol. The maximum Gasteiger partial charge on any atom is 0.250 e. The molecule has 2 rings (SSSR count). The van der Waals surface area contributed by atoms with Crippen molar-refractivity contribution in [2.24, 2.45) is 0 Å². The van der Waals surface area contributed by atoms with Crippen LogP contribution in [0.1, 0.15) is 25.8 Å². The van der Waals surface area contributed by atoms with Crippen LogP contribution in [0.3, 0.4) is 0 Å². The first-order valence-electron chi connectivity index (χ1n) is 6.36. The average molecular weight is 281 g/mol. The van der Waals surface area contributed by atoms with Gasteiger partial charge in [-0.25, -0.2) is 0 Å². The third-order valence-electron chi connectivity index (χ3n) is 3.53. The average Bonchev–Trinajstić information content (AvgIpc) is 2.39. The van der Waals surface area contributed by atoms with Gasteiger partial charge in [0.2, 0.25) is 11.8 Å². The Kier molecular flexibility index (Phi) is 3.80. The second kappa shape index (κ2) is 5.21. The summed E-state index contributed by atoms with van der Waals surface area (Å²) in [5, 5.41) is 3.33. The van der Waals surface area contributed by atoms with E-state index in [-0.39, 0.29) is 11.8 Å². The van der Waals surface area contributed by atoms with Gasteiger partial charge >= 0.3 is 0 Å². The summed E-state index contributed by atoms with van der Waals surface area (Å²) in [5.41, 5.74) is 1.52. The minimum Gasteiger partial charge on any atom is -0.343 e. The number of piperazine rings is 1. The van der Waals surface area contributed by atoms with E-state index in [0.29, 0.717) is 17.1 Å². The van der Waals surface area contributed by atoms with Crippen LogP contribution in [0.5, 0.6) is 0 Å². The topological polar surface area (TPSA) is 49.4 Å². The lowest BCUT2D eigenvalue weighted by atomic mass is 10.0. The van der Waals surface area contributed by atoms with Crippen LogP contribution < -0.4 is 10.2 Å². The molecule has 0 radical (unpaired) electrons. The molecule has 0 bridgehead atoms. The number of hydrogen-bond acceptors (Lipinski definition) is 2. The maximum absolute atomic E-state index is 12.4. The Bertz CT molecular complexity index is 530. The van der Waals surface area contributed by atoms with E-state index in [2.05, 4.69) is 5.32 Å². The first-order chi connectivity index (χ1) is 8.97. The summed E-state index contributed by atoms with van der Waals surface area (Å²) >= 11 is 6.10. The molecule has 1 aromatic rings. The minimum atomic E-state index is -0.521. The molecule has 1 aliphatic heterocycles. The van der Waals surface area contributed by atoms with Crippen molar-refractivity contribution in [3.05, 3.63) is 28.8 Å². The number of halogens is 1. The van der Waals surface area contributed by atoms with Gasteiger partial charge in [-0.05, 0) is 38.0 Å². The van der Waals surface area contributed by atoms with Gasteiger partial charge in [-0.15, -0.1) is 0 Å².